The van der Waals surface area contributed by atoms with Crippen molar-refractivity contribution in [2.24, 2.45) is 0 Å². The van der Waals surface area contributed by atoms with E-state index in [9.17, 15) is 9.59 Å². The first kappa shape index (κ1) is 22.0. The Kier molecular flexibility index (Phi) is 7.20. The molecule has 3 rings (SSSR count). The maximum Gasteiger partial charge on any atom is 0.360 e. The van der Waals surface area contributed by atoms with Gasteiger partial charge in [-0.2, -0.15) is 4.98 Å². The summed E-state index contributed by atoms with van der Waals surface area (Å²) in [5.41, 5.74) is 2.13. The van der Waals surface area contributed by atoms with Gasteiger partial charge in [-0.05, 0) is 43.9 Å². The molecule has 0 unspecified atom stereocenters. The van der Waals surface area contributed by atoms with E-state index >= 15 is 0 Å². The van der Waals surface area contributed by atoms with Gasteiger partial charge in [0.2, 0.25) is 0 Å². The van der Waals surface area contributed by atoms with E-state index in [-0.39, 0.29) is 24.4 Å². The molecule has 1 aromatic heterocycles. The fourth-order valence-electron chi connectivity index (χ4n) is 3.44. The fourth-order valence-corrected chi connectivity index (χ4v) is 3.56. The zero-order valence-corrected chi connectivity index (χ0v) is 18.2. The highest BCUT2D eigenvalue weighted by Gasteiger charge is 2.29. The first-order chi connectivity index (χ1) is 14.4. The van der Waals surface area contributed by atoms with Crippen LogP contribution in [-0.4, -0.2) is 54.7 Å². The zero-order valence-electron chi connectivity index (χ0n) is 17.5. The van der Waals surface area contributed by atoms with Gasteiger partial charge in [0, 0.05) is 31.7 Å². The van der Waals surface area contributed by atoms with Crippen LogP contribution in [0.1, 0.15) is 41.4 Å². The highest BCUT2D eigenvalue weighted by atomic mass is 35.5. The monoisotopic (exact) mass is 434 g/mol. The Morgan fingerprint density at radius 1 is 1.43 bits per heavy atom. The first-order valence-corrected chi connectivity index (χ1v) is 10.4. The number of piperidine rings is 1. The number of oxazole rings is 1. The maximum absolute atomic E-state index is 12.6. The molecule has 9 heteroatoms. The van der Waals surface area contributed by atoms with Crippen molar-refractivity contribution in [3.63, 3.8) is 0 Å². The minimum Gasteiger partial charge on any atom is -0.461 e. The summed E-state index contributed by atoms with van der Waals surface area (Å²) in [6.45, 7) is 5.71. The van der Waals surface area contributed by atoms with E-state index in [1.807, 2.05) is 30.0 Å². The van der Waals surface area contributed by atoms with Gasteiger partial charge in [0.25, 0.3) is 6.01 Å². The number of carbonyl (C=O) groups is 2. The van der Waals surface area contributed by atoms with Crippen LogP contribution in [-0.2, 0) is 11.3 Å². The molecule has 2 heterocycles. The number of likely N-dealkylation sites (N-methyl/N-ethyl adjacent to an activating group) is 1. The summed E-state index contributed by atoms with van der Waals surface area (Å²) in [7, 11) is 1.79. The number of amides is 2. The number of hydrogen-bond donors (Lipinski definition) is 1. The van der Waals surface area contributed by atoms with Gasteiger partial charge >= 0.3 is 12.0 Å². The average Bonchev–Trinajstić information content (AvgIpc) is 3.24. The van der Waals surface area contributed by atoms with Crippen molar-refractivity contribution in [1.82, 2.24) is 15.2 Å². The van der Waals surface area contributed by atoms with E-state index in [1.54, 1.807) is 18.9 Å². The zero-order chi connectivity index (χ0) is 21.7. The SMILES string of the molecule is CCOC(=O)c1coc(N2CCC[C@@H](N(C)C(=O)NCc3ccc(Cl)c(C)c3)C2)n1. The highest BCUT2D eigenvalue weighted by molar-refractivity contribution is 6.31. The van der Waals surface area contributed by atoms with Crippen molar-refractivity contribution in [2.45, 2.75) is 39.3 Å². The number of urea groups is 1. The van der Waals surface area contributed by atoms with Gasteiger partial charge in [0.05, 0.1) is 12.6 Å². The molecule has 0 bridgehead atoms. The molecule has 162 valence electrons. The average molecular weight is 435 g/mol. The number of aryl methyl sites for hydroxylation is 1. The summed E-state index contributed by atoms with van der Waals surface area (Å²) in [6.07, 6.45) is 3.07. The van der Waals surface area contributed by atoms with Crippen LogP contribution in [0.4, 0.5) is 10.8 Å². The molecule has 1 fully saturated rings. The van der Waals surface area contributed by atoms with Crippen LogP contribution in [0.5, 0.6) is 0 Å². The first-order valence-electron chi connectivity index (χ1n) is 10.0. The smallest absolute Gasteiger partial charge is 0.360 e. The van der Waals surface area contributed by atoms with Crippen molar-refractivity contribution in [2.75, 3.05) is 31.6 Å². The van der Waals surface area contributed by atoms with Gasteiger partial charge in [-0.1, -0.05) is 23.7 Å². The normalized spacial score (nSPS) is 16.3. The predicted molar refractivity (Wildman–Crippen MR) is 114 cm³/mol. The summed E-state index contributed by atoms with van der Waals surface area (Å²) in [5.74, 6) is -0.505. The van der Waals surface area contributed by atoms with E-state index in [0.717, 1.165) is 30.5 Å². The quantitative estimate of drug-likeness (QED) is 0.698. The Morgan fingerprint density at radius 2 is 2.23 bits per heavy atom. The summed E-state index contributed by atoms with van der Waals surface area (Å²) >= 11 is 6.06. The van der Waals surface area contributed by atoms with Crippen molar-refractivity contribution in [1.29, 1.82) is 0 Å². The van der Waals surface area contributed by atoms with Crippen LogP contribution in [0.25, 0.3) is 0 Å². The van der Waals surface area contributed by atoms with E-state index < -0.39 is 5.97 Å². The lowest BCUT2D eigenvalue weighted by Gasteiger charge is -2.36. The van der Waals surface area contributed by atoms with Crippen LogP contribution in [0.2, 0.25) is 5.02 Å². The largest absolute Gasteiger partial charge is 0.461 e. The number of rotatable bonds is 6. The van der Waals surface area contributed by atoms with E-state index in [0.29, 0.717) is 24.1 Å². The van der Waals surface area contributed by atoms with Gasteiger partial charge in [0.1, 0.15) is 6.26 Å². The highest BCUT2D eigenvalue weighted by Crippen LogP contribution is 2.22. The molecule has 2 aromatic rings. The van der Waals surface area contributed by atoms with Crippen molar-refractivity contribution in [3.05, 3.63) is 46.3 Å². The van der Waals surface area contributed by atoms with Gasteiger partial charge < -0.3 is 24.3 Å². The molecular weight excluding hydrogens is 408 g/mol. The molecule has 30 heavy (non-hydrogen) atoms. The maximum atomic E-state index is 12.6. The number of ether oxygens (including phenoxy) is 1. The summed E-state index contributed by atoms with van der Waals surface area (Å²) in [6, 6.07) is 5.93. The van der Waals surface area contributed by atoms with Gasteiger partial charge in [0.15, 0.2) is 5.69 Å². The predicted octanol–water partition coefficient (Wildman–Crippen LogP) is 3.62. The summed E-state index contributed by atoms with van der Waals surface area (Å²) in [5, 5.41) is 3.67. The molecule has 0 saturated carbocycles. The number of nitrogens with one attached hydrogen (secondary N) is 1. The Bertz CT molecular complexity index is 901. The number of esters is 1. The lowest BCUT2D eigenvalue weighted by molar-refractivity contribution is 0.0519. The minimum absolute atomic E-state index is 0.00338. The second-order valence-electron chi connectivity index (χ2n) is 7.33. The molecule has 0 radical (unpaired) electrons. The van der Waals surface area contributed by atoms with E-state index in [2.05, 4.69) is 10.3 Å². The molecule has 1 aliphatic heterocycles. The molecular formula is C21H27ClN4O4. The van der Waals surface area contributed by atoms with Crippen LogP contribution >= 0.6 is 11.6 Å². The van der Waals surface area contributed by atoms with Crippen molar-refractivity contribution >= 4 is 29.6 Å². The minimum atomic E-state index is -0.505. The Hall–Kier alpha value is -2.74. The van der Waals surface area contributed by atoms with Crippen LogP contribution < -0.4 is 10.2 Å². The molecule has 8 nitrogen and oxygen atoms in total. The van der Waals surface area contributed by atoms with E-state index in [4.69, 9.17) is 20.8 Å². The van der Waals surface area contributed by atoms with Gasteiger partial charge in [-0.25, -0.2) is 9.59 Å². The third-order valence-electron chi connectivity index (χ3n) is 5.18. The third-order valence-corrected chi connectivity index (χ3v) is 5.60. The third kappa shape index (κ3) is 5.24. The molecule has 0 aliphatic carbocycles. The van der Waals surface area contributed by atoms with Crippen LogP contribution in [0.3, 0.4) is 0 Å². The second kappa shape index (κ2) is 9.84. The number of nitrogens with zero attached hydrogens (tertiary/aromatic N) is 3. The Labute approximate surface area is 181 Å². The van der Waals surface area contributed by atoms with Gasteiger partial charge in [-0.3, -0.25) is 0 Å². The summed E-state index contributed by atoms with van der Waals surface area (Å²) in [4.78, 5) is 32.3. The number of benzene rings is 1. The second-order valence-corrected chi connectivity index (χ2v) is 7.74. The van der Waals surface area contributed by atoms with Crippen molar-refractivity contribution < 1.29 is 18.7 Å². The topological polar surface area (TPSA) is 87.9 Å². The van der Waals surface area contributed by atoms with Crippen molar-refractivity contribution in [3.8, 4) is 0 Å². The standard InChI is InChI=1S/C21H27ClN4O4/c1-4-29-19(27)18-13-30-21(24-18)26-9-5-6-16(12-26)25(3)20(28)23-11-15-7-8-17(22)14(2)10-15/h7-8,10,13,16H,4-6,9,11-12H2,1-3H3,(H,23,28)/t16-/m1/s1. The number of carbonyl (C=O) groups excluding carboxylic acids is 2. The Morgan fingerprint density at radius 3 is 2.97 bits per heavy atom. The molecule has 2 amide bonds. The number of anilines is 1. The number of halogens is 1. The molecule has 1 N–H and O–H groups in total. The number of aromatic nitrogens is 1. The lowest BCUT2D eigenvalue weighted by Crippen LogP contribution is -2.51. The fraction of sp³-hybridized carbons (Fsp3) is 0.476. The molecule has 0 spiro atoms. The van der Waals surface area contributed by atoms with E-state index in [1.165, 1.54) is 6.26 Å². The van der Waals surface area contributed by atoms with Gasteiger partial charge in [-0.15, -0.1) is 0 Å². The lowest BCUT2D eigenvalue weighted by atomic mass is 10.1. The summed E-state index contributed by atoms with van der Waals surface area (Å²) < 4.78 is 10.4. The molecule has 1 aromatic carbocycles. The number of hydrogen-bond acceptors (Lipinski definition) is 6. The Balaban J connectivity index is 1.56. The van der Waals surface area contributed by atoms with Crippen LogP contribution in [0.15, 0.2) is 28.9 Å². The molecule has 1 aliphatic rings. The molecule has 1 saturated heterocycles. The van der Waals surface area contributed by atoms with Crippen LogP contribution in [0, 0.1) is 6.92 Å². The molecule has 1 atom stereocenters.